The molecule has 0 amide bonds. The largest absolute Gasteiger partial charge is 0.493 e. The molecule has 4 rings (SSSR count). The number of nitrogens with one attached hydrogen (secondary N) is 1. The lowest BCUT2D eigenvalue weighted by Crippen LogP contribution is -2.20. The SMILES string of the molecule is C=CCOc1ccc(-c2nc3c(c(=O)[nH]2)Cc2cccc(OC)c2O3)cc1. The van der Waals surface area contributed by atoms with Crippen LogP contribution in [0, 0.1) is 0 Å². The molecule has 1 aliphatic heterocycles. The maximum atomic E-state index is 12.6. The van der Waals surface area contributed by atoms with Crippen molar-refractivity contribution in [2.24, 2.45) is 0 Å². The first-order valence-electron chi connectivity index (χ1n) is 8.50. The number of hydrogen-bond donors (Lipinski definition) is 1. The van der Waals surface area contributed by atoms with Crippen LogP contribution < -0.4 is 19.8 Å². The maximum Gasteiger partial charge on any atom is 0.258 e. The Morgan fingerprint density at radius 1 is 1.26 bits per heavy atom. The molecule has 3 aromatic rings. The minimum atomic E-state index is -0.213. The van der Waals surface area contributed by atoms with Crippen LogP contribution >= 0.6 is 0 Å². The molecule has 1 N–H and O–H groups in total. The lowest BCUT2D eigenvalue weighted by atomic mass is 10.0. The van der Waals surface area contributed by atoms with Gasteiger partial charge in [-0.2, -0.15) is 4.98 Å². The highest BCUT2D eigenvalue weighted by atomic mass is 16.5. The number of nitrogens with zero attached hydrogens (tertiary/aromatic N) is 1. The van der Waals surface area contributed by atoms with E-state index in [2.05, 4.69) is 16.5 Å². The molecule has 2 aromatic carbocycles. The van der Waals surface area contributed by atoms with E-state index in [1.165, 1.54) is 0 Å². The van der Waals surface area contributed by atoms with E-state index in [4.69, 9.17) is 14.2 Å². The Bertz CT molecular complexity index is 1050. The second-order valence-electron chi connectivity index (χ2n) is 6.05. The van der Waals surface area contributed by atoms with Crippen molar-refractivity contribution < 1.29 is 14.2 Å². The van der Waals surface area contributed by atoms with Crippen LogP contribution in [0.15, 0.2) is 59.9 Å². The molecular formula is C21H18N2O4. The van der Waals surface area contributed by atoms with Gasteiger partial charge in [0.05, 0.1) is 12.7 Å². The summed E-state index contributed by atoms with van der Waals surface area (Å²) in [5.74, 6) is 2.68. The lowest BCUT2D eigenvalue weighted by Gasteiger charge is -2.20. The highest BCUT2D eigenvalue weighted by Gasteiger charge is 2.25. The Balaban J connectivity index is 1.70. The standard InChI is InChI=1S/C21H18N2O4/c1-3-11-26-15-9-7-13(8-10-15)19-22-20(24)16-12-14-5-4-6-17(25-2)18(14)27-21(16)23-19/h3-10H,1,11-12H2,2H3,(H,22,23,24). The molecule has 0 aliphatic carbocycles. The molecule has 0 atom stereocenters. The number of hydrogen-bond acceptors (Lipinski definition) is 5. The number of H-pyrrole nitrogens is 1. The zero-order valence-corrected chi connectivity index (χ0v) is 14.8. The lowest BCUT2D eigenvalue weighted by molar-refractivity contribution is 0.363. The van der Waals surface area contributed by atoms with Gasteiger partial charge in [-0.1, -0.05) is 24.8 Å². The van der Waals surface area contributed by atoms with Crippen LogP contribution in [0.3, 0.4) is 0 Å². The van der Waals surface area contributed by atoms with Gasteiger partial charge in [0.1, 0.15) is 18.2 Å². The Morgan fingerprint density at radius 2 is 2.07 bits per heavy atom. The molecule has 0 saturated heterocycles. The van der Waals surface area contributed by atoms with Crippen LogP contribution in [0.25, 0.3) is 11.4 Å². The van der Waals surface area contributed by atoms with E-state index in [1.807, 2.05) is 42.5 Å². The van der Waals surface area contributed by atoms with Crippen molar-refractivity contribution in [3.05, 3.63) is 76.6 Å². The summed E-state index contributed by atoms with van der Waals surface area (Å²) < 4.78 is 16.8. The minimum absolute atomic E-state index is 0.213. The average molecular weight is 362 g/mol. The van der Waals surface area contributed by atoms with E-state index in [0.717, 1.165) is 11.1 Å². The molecule has 1 aromatic heterocycles. The molecule has 0 radical (unpaired) electrons. The fourth-order valence-electron chi connectivity index (χ4n) is 2.98. The highest BCUT2D eigenvalue weighted by molar-refractivity contribution is 5.59. The Morgan fingerprint density at radius 3 is 2.81 bits per heavy atom. The summed E-state index contributed by atoms with van der Waals surface area (Å²) in [6.07, 6.45) is 2.12. The van der Waals surface area contributed by atoms with Crippen LogP contribution in [0.1, 0.15) is 11.1 Å². The first-order chi connectivity index (χ1) is 13.2. The molecule has 2 heterocycles. The smallest absolute Gasteiger partial charge is 0.258 e. The van der Waals surface area contributed by atoms with Crippen LogP contribution in [-0.2, 0) is 6.42 Å². The number of aromatic amines is 1. The van der Waals surface area contributed by atoms with E-state index in [0.29, 0.717) is 47.5 Å². The van der Waals surface area contributed by atoms with Crippen LogP contribution in [-0.4, -0.2) is 23.7 Å². The van der Waals surface area contributed by atoms with Gasteiger partial charge in [-0.05, 0) is 30.3 Å². The normalized spacial score (nSPS) is 11.7. The second kappa shape index (κ2) is 6.99. The molecule has 1 aliphatic rings. The van der Waals surface area contributed by atoms with E-state index >= 15 is 0 Å². The van der Waals surface area contributed by atoms with Crippen molar-refractivity contribution in [2.75, 3.05) is 13.7 Å². The number of ether oxygens (including phenoxy) is 3. The number of benzene rings is 2. The molecule has 27 heavy (non-hydrogen) atoms. The van der Waals surface area contributed by atoms with Crippen molar-refractivity contribution in [2.45, 2.75) is 6.42 Å². The Kier molecular flexibility index (Phi) is 4.38. The van der Waals surface area contributed by atoms with Crippen molar-refractivity contribution in [3.8, 4) is 34.5 Å². The van der Waals surface area contributed by atoms with Gasteiger partial charge < -0.3 is 19.2 Å². The molecule has 6 nitrogen and oxygen atoms in total. The fourth-order valence-corrected chi connectivity index (χ4v) is 2.98. The van der Waals surface area contributed by atoms with Crippen molar-refractivity contribution in [3.63, 3.8) is 0 Å². The third kappa shape index (κ3) is 3.17. The molecule has 6 heteroatoms. The van der Waals surface area contributed by atoms with Gasteiger partial charge in [0.15, 0.2) is 11.5 Å². The van der Waals surface area contributed by atoms with Crippen molar-refractivity contribution in [1.29, 1.82) is 0 Å². The summed E-state index contributed by atoms with van der Waals surface area (Å²) in [6, 6.07) is 12.9. The quantitative estimate of drug-likeness (QED) is 0.548. The minimum Gasteiger partial charge on any atom is -0.493 e. The molecule has 0 bridgehead atoms. The number of methoxy groups -OCH3 is 1. The van der Waals surface area contributed by atoms with Gasteiger partial charge in [-0.25, -0.2) is 0 Å². The summed E-state index contributed by atoms with van der Waals surface area (Å²) in [5.41, 5.74) is 1.95. The van der Waals surface area contributed by atoms with Crippen LogP contribution in [0.2, 0.25) is 0 Å². The van der Waals surface area contributed by atoms with Gasteiger partial charge in [0.25, 0.3) is 5.56 Å². The van der Waals surface area contributed by atoms with Gasteiger partial charge in [0.2, 0.25) is 5.88 Å². The van der Waals surface area contributed by atoms with Gasteiger partial charge in [0, 0.05) is 17.5 Å². The summed E-state index contributed by atoms with van der Waals surface area (Å²) >= 11 is 0. The highest BCUT2D eigenvalue weighted by Crippen LogP contribution is 2.40. The molecular weight excluding hydrogens is 344 g/mol. The summed E-state index contributed by atoms with van der Waals surface area (Å²) in [7, 11) is 1.58. The predicted molar refractivity (Wildman–Crippen MR) is 102 cm³/mol. The topological polar surface area (TPSA) is 73.4 Å². The monoisotopic (exact) mass is 362 g/mol. The average Bonchev–Trinajstić information content (AvgIpc) is 2.71. The van der Waals surface area contributed by atoms with Gasteiger partial charge >= 0.3 is 0 Å². The number of rotatable bonds is 5. The molecule has 136 valence electrons. The van der Waals surface area contributed by atoms with Crippen LogP contribution in [0.4, 0.5) is 0 Å². The zero-order chi connectivity index (χ0) is 18.8. The first kappa shape index (κ1) is 16.9. The number of para-hydroxylation sites is 1. The zero-order valence-electron chi connectivity index (χ0n) is 14.8. The fraction of sp³-hybridized carbons (Fsp3) is 0.143. The molecule has 0 fully saturated rings. The first-order valence-corrected chi connectivity index (χ1v) is 8.50. The van der Waals surface area contributed by atoms with Crippen molar-refractivity contribution >= 4 is 0 Å². The van der Waals surface area contributed by atoms with E-state index in [-0.39, 0.29) is 5.56 Å². The predicted octanol–water partition coefficient (Wildman–Crippen LogP) is 3.71. The maximum absolute atomic E-state index is 12.6. The van der Waals surface area contributed by atoms with E-state index < -0.39 is 0 Å². The van der Waals surface area contributed by atoms with Gasteiger partial charge in [-0.15, -0.1) is 0 Å². The number of aromatic nitrogens is 2. The van der Waals surface area contributed by atoms with E-state index in [9.17, 15) is 4.79 Å². The summed E-state index contributed by atoms with van der Waals surface area (Å²) in [6.45, 7) is 4.06. The summed E-state index contributed by atoms with van der Waals surface area (Å²) in [5, 5.41) is 0. The van der Waals surface area contributed by atoms with Crippen molar-refractivity contribution in [1.82, 2.24) is 9.97 Å². The second-order valence-corrected chi connectivity index (χ2v) is 6.05. The van der Waals surface area contributed by atoms with Crippen LogP contribution in [0.5, 0.6) is 23.1 Å². The molecule has 0 unspecified atom stereocenters. The third-order valence-corrected chi connectivity index (χ3v) is 4.32. The third-order valence-electron chi connectivity index (χ3n) is 4.32. The Labute approximate surface area is 156 Å². The Hall–Kier alpha value is -3.54. The number of fused-ring (bicyclic) bond motifs is 2. The van der Waals surface area contributed by atoms with Gasteiger partial charge in [-0.3, -0.25) is 4.79 Å². The molecule has 0 spiro atoms. The molecule has 0 saturated carbocycles. The van der Waals surface area contributed by atoms with E-state index in [1.54, 1.807) is 13.2 Å². The summed E-state index contributed by atoms with van der Waals surface area (Å²) in [4.78, 5) is 19.9.